The topological polar surface area (TPSA) is 70.4 Å². The second kappa shape index (κ2) is 10.6. The van der Waals surface area contributed by atoms with Crippen LogP contribution in [0.4, 0.5) is 0 Å². The van der Waals surface area contributed by atoms with Gasteiger partial charge in [-0.3, -0.25) is 9.48 Å². The fraction of sp³-hybridized carbons (Fsp3) is 0.750. The first-order valence-electron chi connectivity index (χ1n) is 8.42. The van der Waals surface area contributed by atoms with Gasteiger partial charge in [0.15, 0.2) is 0 Å². The SMILES string of the molecule is CCCCCN(CCO)C(=O)c1ccn(C2CCCNC2)n1.Cl. The van der Waals surface area contributed by atoms with E-state index in [-0.39, 0.29) is 24.9 Å². The summed E-state index contributed by atoms with van der Waals surface area (Å²) in [5.41, 5.74) is 0.482. The van der Waals surface area contributed by atoms with E-state index in [1.54, 1.807) is 11.0 Å². The highest BCUT2D eigenvalue weighted by Crippen LogP contribution is 2.16. The number of aromatic nitrogens is 2. The van der Waals surface area contributed by atoms with Gasteiger partial charge >= 0.3 is 0 Å². The van der Waals surface area contributed by atoms with E-state index in [0.717, 1.165) is 45.2 Å². The lowest BCUT2D eigenvalue weighted by Gasteiger charge is -2.23. The van der Waals surface area contributed by atoms with E-state index in [9.17, 15) is 9.90 Å². The molecule has 132 valence electrons. The summed E-state index contributed by atoms with van der Waals surface area (Å²) in [6.45, 7) is 5.16. The molecule has 1 fully saturated rings. The van der Waals surface area contributed by atoms with Crippen molar-refractivity contribution in [1.29, 1.82) is 0 Å². The van der Waals surface area contributed by atoms with Crippen molar-refractivity contribution in [2.24, 2.45) is 0 Å². The van der Waals surface area contributed by atoms with Crippen molar-refractivity contribution in [1.82, 2.24) is 20.0 Å². The van der Waals surface area contributed by atoms with Crippen LogP contribution in [0.25, 0.3) is 0 Å². The van der Waals surface area contributed by atoms with Crippen molar-refractivity contribution in [2.75, 3.05) is 32.8 Å². The highest BCUT2D eigenvalue weighted by molar-refractivity contribution is 5.92. The molecule has 1 aliphatic heterocycles. The number of unbranched alkanes of at least 4 members (excludes halogenated alkanes) is 2. The van der Waals surface area contributed by atoms with Crippen molar-refractivity contribution in [3.63, 3.8) is 0 Å². The zero-order valence-corrected chi connectivity index (χ0v) is 14.7. The number of hydrogen-bond donors (Lipinski definition) is 2. The number of amides is 1. The number of piperidine rings is 1. The van der Waals surface area contributed by atoms with E-state index >= 15 is 0 Å². The predicted octanol–water partition coefficient (Wildman–Crippen LogP) is 1.85. The van der Waals surface area contributed by atoms with Gasteiger partial charge in [0.2, 0.25) is 0 Å². The van der Waals surface area contributed by atoms with Crippen molar-refractivity contribution < 1.29 is 9.90 Å². The fourth-order valence-electron chi connectivity index (χ4n) is 2.86. The summed E-state index contributed by atoms with van der Waals surface area (Å²) >= 11 is 0. The molecule has 1 atom stereocenters. The van der Waals surface area contributed by atoms with Gasteiger partial charge in [0.25, 0.3) is 5.91 Å². The minimum Gasteiger partial charge on any atom is -0.395 e. The molecule has 2 N–H and O–H groups in total. The van der Waals surface area contributed by atoms with Gasteiger partial charge in [0.1, 0.15) is 5.69 Å². The summed E-state index contributed by atoms with van der Waals surface area (Å²) in [6, 6.07) is 2.13. The third kappa shape index (κ3) is 5.79. The van der Waals surface area contributed by atoms with E-state index in [1.165, 1.54) is 0 Å². The van der Waals surface area contributed by atoms with Crippen LogP contribution in [0, 0.1) is 0 Å². The first-order valence-corrected chi connectivity index (χ1v) is 8.42. The molecule has 7 heteroatoms. The number of rotatable bonds is 8. The Hall–Kier alpha value is -1.11. The van der Waals surface area contributed by atoms with E-state index in [1.807, 2.05) is 10.9 Å². The molecule has 6 nitrogen and oxygen atoms in total. The molecule has 0 saturated carbocycles. The lowest BCUT2D eigenvalue weighted by atomic mass is 10.1. The van der Waals surface area contributed by atoms with Crippen molar-refractivity contribution >= 4 is 18.3 Å². The first kappa shape index (κ1) is 19.9. The summed E-state index contributed by atoms with van der Waals surface area (Å²) in [5.74, 6) is -0.0762. The quantitative estimate of drug-likeness (QED) is 0.706. The lowest BCUT2D eigenvalue weighted by molar-refractivity contribution is 0.0711. The molecule has 2 heterocycles. The Labute approximate surface area is 144 Å². The largest absolute Gasteiger partial charge is 0.395 e. The van der Waals surface area contributed by atoms with Gasteiger partial charge < -0.3 is 15.3 Å². The van der Waals surface area contributed by atoms with Crippen LogP contribution in [0.3, 0.4) is 0 Å². The van der Waals surface area contributed by atoms with Crippen LogP contribution in [0.5, 0.6) is 0 Å². The van der Waals surface area contributed by atoms with Gasteiger partial charge in [0.05, 0.1) is 12.6 Å². The summed E-state index contributed by atoms with van der Waals surface area (Å²) < 4.78 is 1.91. The minimum absolute atomic E-state index is 0. The molecule has 2 rings (SSSR count). The molecular formula is C16H29ClN4O2. The van der Waals surface area contributed by atoms with Gasteiger partial charge in [-0.05, 0) is 31.9 Å². The molecule has 0 aliphatic carbocycles. The molecule has 1 aliphatic rings. The second-order valence-electron chi connectivity index (χ2n) is 5.90. The molecule has 0 aromatic carbocycles. The predicted molar refractivity (Wildman–Crippen MR) is 93.1 cm³/mol. The lowest BCUT2D eigenvalue weighted by Crippen LogP contribution is -2.35. The first-order chi connectivity index (χ1) is 10.8. The number of hydrogen-bond acceptors (Lipinski definition) is 4. The van der Waals surface area contributed by atoms with Crippen LogP contribution < -0.4 is 5.32 Å². The highest BCUT2D eigenvalue weighted by atomic mass is 35.5. The maximum atomic E-state index is 12.5. The van der Waals surface area contributed by atoms with E-state index in [4.69, 9.17) is 0 Å². The van der Waals surface area contributed by atoms with Crippen LogP contribution in [-0.4, -0.2) is 58.5 Å². The van der Waals surface area contributed by atoms with Gasteiger partial charge in [-0.25, -0.2) is 0 Å². The Balaban J connectivity index is 0.00000264. The average molecular weight is 345 g/mol. The summed E-state index contributed by atoms with van der Waals surface area (Å²) in [5, 5.41) is 17.0. The number of aliphatic hydroxyl groups excluding tert-OH is 1. The smallest absolute Gasteiger partial charge is 0.274 e. The summed E-state index contributed by atoms with van der Waals surface area (Å²) in [7, 11) is 0. The molecule has 0 bridgehead atoms. The van der Waals surface area contributed by atoms with Crippen LogP contribution >= 0.6 is 12.4 Å². The number of carbonyl (C=O) groups excluding carboxylic acids is 1. The Morgan fingerprint density at radius 2 is 2.30 bits per heavy atom. The summed E-state index contributed by atoms with van der Waals surface area (Å²) in [6.07, 6.45) is 7.31. The van der Waals surface area contributed by atoms with E-state index in [0.29, 0.717) is 24.8 Å². The normalized spacial score (nSPS) is 17.6. The van der Waals surface area contributed by atoms with Crippen molar-refractivity contribution in [2.45, 2.75) is 45.1 Å². The second-order valence-corrected chi connectivity index (χ2v) is 5.90. The molecule has 1 aromatic rings. The minimum atomic E-state index is -0.0762. The van der Waals surface area contributed by atoms with Gasteiger partial charge in [-0.1, -0.05) is 19.8 Å². The standard InChI is InChI=1S/C16H28N4O2.ClH/c1-2-3-4-9-19(11-12-21)16(22)15-7-10-20(18-15)14-6-5-8-17-13-14;/h7,10,14,17,21H,2-6,8-9,11-13H2,1H3;1H. The van der Waals surface area contributed by atoms with Gasteiger partial charge in [0, 0.05) is 25.8 Å². The number of carbonyl (C=O) groups is 1. The highest BCUT2D eigenvalue weighted by Gasteiger charge is 2.20. The number of aliphatic hydroxyl groups is 1. The average Bonchev–Trinajstić information content (AvgIpc) is 3.04. The molecular weight excluding hydrogens is 316 g/mol. The van der Waals surface area contributed by atoms with Crippen LogP contribution in [0.1, 0.15) is 55.6 Å². The molecule has 0 radical (unpaired) electrons. The van der Waals surface area contributed by atoms with Crippen LogP contribution in [0.15, 0.2) is 12.3 Å². The van der Waals surface area contributed by atoms with Gasteiger partial charge in [-0.15, -0.1) is 12.4 Å². The zero-order chi connectivity index (χ0) is 15.8. The Morgan fingerprint density at radius 3 is 2.96 bits per heavy atom. The summed E-state index contributed by atoms with van der Waals surface area (Å²) in [4.78, 5) is 14.3. The third-order valence-electron chi connectivity index (χ3n) is 4.16. The van der Waals surface area contributed by atoms with Crippen LogP contribution in [-0.2, 0) is 0 Å². The van der Waals surface area contributed by atoms with Crippen LogP contribution in [0.2, 0.25) is 0 Å². The zero-order valence-electron chi connectivity index (χ0n) is 13.9. The third-order valence-corrected chi connectivity index (χ3v) is 4.16. The molecule has 1 aromatic heterocycles. The molecule has 1 unspecified atom stereocenters. The molecule has 1 amide bonds. The fourth-order valence-corrected chi connectivity index (χ4v) is 2.86. The molecule has 23 heavy (non-hydrogen) atoms. The van der Waals surface area contributed by atoms with Crippen molar-refractivity contribution in [3.05, 3.63) is 18.0 Å². The van der Waals surface area contributed by atoms with Gasteiger partial charge in [-0.2, -0.15) is 5.10 Å². The van der Waals surface area contributed by atoms with Crippen molar-refractivity contribution in [3.8, 4) is 0 Å². The number of nitrogens with one attached hydrogen (secondary N) is 1. The Bertz CT molecular complexity index is 461. The Kier molecular flexibility index (Phi) is 9.21. The maximum absolute atomic E-state index is 12.5. The number of nitrogens with zero attached hydrogens (tertiary/aromatic N) is 3. The molecule has 1 saturated heterocycles. The van der Waals surface area contributed by atoms with E-state index < -0.39 is 0 Å². The Morgan fingerprint density at radius 1 is 1.48 bits per heavy atom. The van der Waals surface area contributed by atoms with E-state index in [2.05, 4.69) is 17.3 Å². The monoisotopic (exact) mass is 344 g/mol. The maximum Gasteiger partial charge on any atom is 0.274 e. The molecule has 0 spiro atoms. The number of halogens is 1.